The molecule has 112 valence electrons. The van der Waals surface area contributed by atoms with Crippen LogP contribution < -0.4 is 5.32 Å². The standard InChI is InChI=1S/C13H23F2NO3/c1-19-11(18)3-5-13(14,15)4-2-8-16-9-12(10-17)6-7-12/h16-17H,2-10H2,1H3. The zero-order valence-corrected chi connectivity index (χ0v) is 11.4. The van der Waals surface area contributed by atoms with E-state index in [-0.39, 0.29) is 24.9 Å². The predicted molar refractivity (Wildman–Crippen MR) is 67.1 cm³/mol. The second kappa shape index (κ2) is 7.14. The lowest BCUT2D eigenvalue weighted by Gasteiger charge is -2.16. The summed E-state index contributed by atoms with van der Waals surface area (Å²) in [6.07, 6.45) is 1.43. The maximum atomic E-state index is 13.4. The molecule has 4 nitrogen and oxygen atoms in total. The van der Waals surface area contributed by atoms with Gasteiger partial charge in [-0.3, -0.25) is 4.79 Å². The fraction of sp³-hybridized carbons (Fsp3) is 0.923. The molecule has 0 aliphatic heterocycles. The summed E-state index contributed by atoms with van der Waals surface area (Å²) in [6.45, 7) is 1.36. The highest BCUT2D eigenvalue weighted by Crippen LogP contribution is 2.44. The molecule has 0 bridgehead atoms. The molecule has 1 aliphatic carbocycles. The Morgan fingerprint density at radius 1 is 1.42 bits per heavy atom. The molecular formula is C13H23F2NO3. The Labute approximate surface area is 112 Å². The number of aliphatic hydroxyl groups excluding tert-OH is 1. The van der Waals surface area contributed by atoms with Crippen molar-refractivity contribution in [2.75, 3.05) is 26.8 Å². The van der Waals surface area contributed by atoms with Gasteiger partial charge in [-0.15, -0.1) is 0 Å². The summed E-state index contributed by atoms with van der Waals surface area (Å²) in [5, 5.41) is 12.2. The molecule has 0 aromatic carbocycles. The first kappa shape index (κ1) is 16.3. The number of carbonyl (C=O) groups excluding carboxylic acids is 1. The maximum Gasteiger partial charge on any atom is 0.305 e. The molecule has 0 atom stereocenters. The van der Waals surface area contributed by atoms with Gasteiger partial charge in [-0.1, -0.05) is 0 Å². The Morgan fingerprint density at radius 3 is 2.63 bits per heavy atom. The number of alkyl halides is 2. The van der Waals surface area contributed by atoms with Gasteiger partial charge in [0.05, 0.1) is 13.5 Å². The highest BCUT2D eigenvalue weighted by Gasteiger charge is 2.41. The number of hydrogen-bond acceptors (Lipinski definition) is 4. The topological polar surface area (TPSA) is 58.6 Å². The van der Waals surface area contributed by atoms with Gasteiger partial charge in [-0.2, -0.15) is 0 Å². The Hall–Kier alpha value is -0.750. The fourth-order valence-corrected chi connectivity index (χ4v) is 1.91. The number of halogens is 2. The summed E-state index contributed by atoms with van der Waals surface area (Å²) in [6, 6.07) is 0. The first-order valence-corrected chi connectivity index (χ1v) is 6.69. The minimum atomic E-state index is -2.82. The van der Waals surface area contributed by atoms with E-state index in [9.17, 15) is 13.6 Å². The van der Waals surface area contributed by atoms with Gasteiger partial charge in [0.15, 0.2) is 0 Å². The van der Waals surface area contributed by atoms with E-state index in [0.29, 0.717) is 19.5 Å². The molecule has 1 saturated carbocycles. The Bertz CT molecular complexity index is 294. The number of ether oxygens (including phenoxy) is 1. The molecule has 2 N–H and O–H groups in total. The Kier molecular flexibility index (Phi) is 6.13. The molecule has 0 amide bonds. The van der Waals surface area contributed by atoms with Crippen LogP contribution in [-0.4, -0.2) is 43.8 Å². The van der Waals surface area contributed by atoms with Gasteiger partial charge < -0.3 is 15.2 Å². The molecule has 0 saturated heterocycles. The normalized spacial score (nSPS) is 17.3. The quantitative estimate of drug-likeness (QED) is 0.472. The van der Waals surface area contributed by atoms with Crippen molar-refractivity contribution in [2.24, 2.45) is 5.41 Å². The lowest BCUT2D eigenvalue weighted by atomic mass is 10.1. The van der Waals surface area contributed by atoms with E-state index in [1.165, 1.54) is 7.11 Å². The van der Waals surface area contributed by atoms with Crippen LogP contribution in [0.1, 0.15) is 38.5 Å². The third-order valence-corrected chi connectivity index (χ3v) is 3.61. The average molecular weight is 279 g/mol. The number of aliphatic hydroxyl groups is 1. The van der Waals surface area contributed by atoms with Crippen molar-refractivity contribution in [3.8, 4) is 0 Å². The number of rotatable bonds is 10. The SMILES string of the molecule is COC(=O)CCC(F)(F)CCCNCC1(CO)CC1. The first-order chi connectivity index (χ1) is 8.93. The van der Waals surface area contributed by atoms with Crippen molar-refractivity contribution < 1.29 is 23.4 Å². The van der Waals surface area contributed by atoms with Crippen molar-refractivity contribution in [2.45, 2.75) is 44.4 Å². The van der Waals surface area contributed by atoms with E-state index >= 15 is 0 Å². The molecule has 1 rings (SSSR count). The number of esters is 1. The van der Waals surface area contributed by atoms with Crippen LogP contribution in [0.15, 0.2) is 0 Å². The number of methoxy groups -OCH3 is 1. The van der Waals surface area contributed by atoms with Crippen LogP contribution in [0, 0.1) is 5.41 Å². The molecule has 0 aromatic rings. The van der Waals surface area contributed by atoms with Crippen molar-refractivity contribution >= 4 is 5.97 Å². The first-order valence-electron chi connectivity index (χ1n) is 6.69. The fourth-order valence-electron chi connectivity index (χ4n) is 1.91. The van der Waals surface area contributed by atoms with Crippen molar-refractivity contribution in [1.82, 2.24) is 5.32 Å². The van der Waals surface area contributed by atoms with E-state index in [0.717, 1.165) is 12.8 Å². The van der Waals surface area contributed by atoms with Crippen LogP contribution in [-0.2, 0) is 9.53 Å². The minimum Gasteiger partial charge on any atom is -0.469 e. The summed E-state index contributed by atoms with van der Waals surface area (Å²) < 4.78 is 31.1. The van der Waals surface area contributed by atoms with Crippen molar-refractivity contribution in [3.63, 3.8) is 0 Å². The van der Waals surface area contributed by atoms with Crippen LogP contribution in [0.2, 0.25) is 0 Å². The molecule has 0 unspecified atom stereocenters. The summed E-state index contributed by atoms with van der Waals surface area (Å²) in [5.74, 6) is -3.42. The molecule has 0 aromatic heterocycles. The third-order valence-electron chi connectivity index (χ3n) is 3.61. The maximum absolute atomic E-state index is 13.4. The molecular weight excluding hydrogens is 256 g/mol. The Balaban J connectivity index is 2.05. The van der Waals surface area contributed by atoms with Crippen molar-refractivity contribution in [1.29, 1.82) is 0 Å². The van der Waals surface area contributed by atoms with E-state index in [1.54, 1.807) is 0 Å². The highest BCUT2D eigenvalue weighted by atomic mass is 19.3. The predicted octanol–water partition coefficient (Wildman–Crippen LogP) is 1.72. The van der Waals surface area contributed by atoms with Gasteiger partial charge in [0.25, 0.3) is 0 Å². The van der Waals surface area contributed by atoms with E-state index in [2.05, 4.69) is 10.1 Å². The van der Waals surface area contributed by atoms with Gasteiger partial charge in [0.2, 0.25) is 5.92 Å². The van der Waals surface area contributed by atoms with Gasteiger partial charge >= 0.3 is 5.97 Å². The summed E-state index contributed by atoms with van der Waals surface area (Å²) in [4.78, 5) is 10.8. The summed E-state index contributed by atoms with van der Waals surface area (Å²) in [5.41, 5.74) is 0.00734. The third kappa shape index (κ3) is 6.29. The van der Waals surface area contributed by atoms with Gasteiger partial charge in [-0.05, 0) is 25.8 Å². The molecule has 19 heavy (non-hydrogen) atoms. The van der Waals surface area contributed by atoms with E-state index in [4.69, 9.17) is 5.11 Å². The number of nitrogens with one attached hydrogen (secondary N) is 1. The molecule has 0 spiro atoms. The zero-order valence-electron chi connectivity index (χ0n) is 11.4. The van der Waals surface area contributed by atoms with Crippen LogP contribution in [0.5, 0.6) is 0 Å². The van der Waals surface area contributed by atoms with Gasteiger partial charge in [-0.25, -0.2) is 8.78 Å². The van der Waals surface area contributed by atoms with Gasteiger partial charge in [0.1, 0.15) is 0 Å². The van der Waals surface area contributed by atoms with Crippen LogP contribution in [0.25, 0.3) is 0 Å². The highest BCUT2D eigenvalue weighted by molar-refractivity contribution is 5.69. The van der Waals surface area contributed by atoms with Crippen LogP contribution >= 0.6 is 0 Å². The molecule has 0 radical (unpaired) electrons. The number of hydrogen-bond donors (Lipinski definition) is 2. The Morgan fingerprint density at radius 2 is 2.11 bits per heavy atom. The minimum absolute atomic E-state index is 0.00734. The zero-order chi connectivity index (χ0) is 14.4. The van der Waals surface area contributed by atoms with E-state index < -0.39 is 18.3 Å². The van der Waals surface area contributed by atoms with Crippen molar-refractivity contribution in [3.05, 3.63) is 0 Å². The van der Waals surface area contributed by atoms with Crippen LogP contribution in [0.4, 0.5) is 8.78 Å². The van der Waals surface area contributed by atoms with Gasteiger partial charge in [0, 0.05) is 31.4 Å². The van der Waals surface area contributed by atoms with Crippen LogP contribution in [0.3, 0.4) is 0 Å². The smallest absolute Gasteiger partial charge is 0.305 e. The monoisotopic (exact) mass is 279 g/mol. The molecule has 1 fully saturated rings. The summed E-state index contributed by atoms with van der Waals surface area (Å²) >= 11 is 0. The average Bonchev–Trinajstić information content (AvgIpc) is 3.16. The van der Waals surface area contributed by atoms with E-state index in [1.807, 2.05) is 0 Å². The molecule has 6 heteroatoms. The lowest BCUT2D eigenvalue weighted by molar-refractivity contribution is -0.143. The molecule has 0 heterocycles. The second-order valence-corrected chi connectivity index (χ2v) is 5.37. The largest absolute Gasteiger partial charge is 0.469 e. The second-order valence-electron chi connectivity index (χ2n) is 5.37. The lowest BCUT2D eigenvalue weighted by Crippen LogP contribution is -2.28. The molecule has 1 aliphatic rings. The number of carbonyl (C=O) groups is 1. The summed E-state index contributed by atoms with van der Waals surface area (Å²) in [7, 11) is 1.19.